The maximum absolute atomic E-state index is 11.2. The van der Waals surface area contributed by atoms with Crippen molar-refractivity contribution in [3.63, 3.8) is 0 Å². The Bertz CT molecular complexity index is 569. The summed E-state index contributed by atoms with van der Waals surface area (Å²) in [6, 6.07) is 9.15. The molecule has 0 amide bonds. The van der Waals surface area contributed by atoms with Gasteiger partial charge < -0.3 is 9.72 Å². The van der Waals surface area contributed by atoms with Gasteiger partial charge >= 0.3 is 0 Å². The molecule has 0 radical (unpaired) electrons. The molecule has 0 aliphatic heterocycles. The van der Waals surface area contributed by atoms with Gasteiger partial charge in [-0.1, -0.05) is 0 Å². The summed E-state index contributed by atoms with van der Waals surface area (Å²) in [4.78, 5) is 14.0. The maximum atomic E-state index is 11.2. The Balaban J connectivity index is 1.90. The zero-order valence-corrected chi connectivity index (χ0v) is 8.90. The van der Waals surface area contributed by atoms with E-state index in [0.717, 1.165) is 29.2 Å². The van der Waals surface area contributed by atoms with Gasteiger partial charge in [0.05, 0.1) is 12.1 Å². The van der Waals surface area contributed by atoms with Gasteiger partial charge in [-0.3, -0.25) is 4.79 Å². The number of ether oxygens (including phenoxy) is 1. The first-order valence-corrected chi connectivity index (χ1v) is 5.57. The summed E-state index contributed by atoms with van der Waals surface area (Å²) in [6.45, 7) is 0.794. The van der Waals surface area contributed by atoms with Crippen molar-refractivity contribution in [2.75, 3.05) is 6.61 Å². The number of aromatic nitrogens is 1. The third kappa shape index (κ3) is 1.94. The predicted molar refractivity (Wildman–Crippen MR) is 62.8 cm³/mol. The normalized spacial score (nSPS) is 15.2. The van der Waals surface area contributed by atoms with E-state index < -0.39 is 0 Å². The molecule has 1 saturated carbocycles. The molecule has 0 saturated heterocycles. The van der Waals surface area contributed by atoms with Gasteiger partial charge in [-0.15, -0.1) is 0 Å². The molecule has 1 aliphatic rings. The lowest BCUT2D eigenvalue weighted by molar-refractivity contribution is 0.300. The molecule has 0 bridgehead atoms. The van der Waals surface area contributed by atoms with Crippen LogP contribution < -0.4 is 10.3 Å². The highest BCUT2D eigenvalue weighted by atomic mass is 16.5. The van der Waals surface area contributed by atoms with Crippen LogP contribution in [0.4, 0.5) is 0 Å². The molecule has 0 atom stereocenters. The average molecular weight is 215 g/mol. The molecule has 1 heterocycles. The number of hydrogen-bond donors (Lipinski definition) is 1. The zero-order valence-electron chi connectivity index (χ0n) is 8.90. The summed E-state index contributed by atoms with van der Waals surface area (Å²) in [5.41, 5.74) is 0.757. The Kier molecular flexibility index (Phi) is 2.17. The Hall–Kier alpha value is -1.77. The second kappa shape index (κ2) is 3.67. The molecule has 0 spiro atoms. The van der Waals surface area contributed by atoms with Crippen molar-refractivity contribution in [3.8, 4) is 5.75 Å². The Labute approximate surface area is 93.1 Å². The fourth-order valence-corrected chi connectivity index (χ4v) is 1.72. The first-order chi connectivity index (χ1) is 7.81. The fraction of sp³-hybridized carbons (Fsp3) is 0.308. The minimum atomic E-state index is -0.0770. The Morgan fingerprint density at radius 2 is 2.06 bits per heavy atom. The van der Waals surface area contributed by atoms with Crippen LogP contribution in [0, 0.1) is 5.92 Å². The minimum absolute atomic E-state index is 0.0770. The van der Waals surface area contributed by atoms with Gasteiger partial charge in [-0.25, -0.2) is 0 Å². The molecule has 3 heteroatoms. The van der Waals surface area contributed by atoms with Crippen molar-refractivity contribution >= 4 is 10.9 Å². The SMILES string of the molecule is O=c1ccc2ccc(OCC3CC3)cc2[nH]1. The number of fused-ring (bicyclic) bond motifs is 1. The van der Waals surface area contributed by atoms with Crippen molar-refractivity contribution < 1.29 is 4.74 Å². The number of hydrogen-bond acceptors (Lipinski definition) is 2. The van der Waals surface area contributed by atoms with Crippen LogP contribution in [-0.4, -0.2) is 11.6 Å². The van der Waals surface area contributed by atoms with Crippen LogP contribution >= 0.6 is 0 Å². The van der Waals surface area contributed by atoms with E-state index in [1.54, 1.807) is 0 Å². The molecule has 1 aliphatic carbocycles. The average Bonchev–Trinajstić information content (AvgIpc) is 3.09. The topological polar surface area (TPSA) is 42.1 Å². The highest BCUT2D eigenvalue weighted by Gasteiger charge is 2.21. The number of nitrogens with one attached hydrogen (secondary N) is 1. The van der Waals surface area contributed by atoms with Gasteiger partial charge in [0.15, 0.2) is 0 Å². The highest BCUT2D eigenvalue weighted by molar-refractivity contribution is 5.79. The molecular formula is C13H13NO2. The number of pyridine rings is 1. The van der Waals surface area contributed by atoms with E-state index in [0.29, 0.717) is 0 Å². The van der Waals surface area contributed by atoms with E-state index in [4.69, 9.17) is 4.74 Å². The van der Waals surface area contributed by atoms with Crippen molar-refractivity contribution in [2.45, 2.75) is 12.8 Å². The Morgan fingerprint density at radius 1 is 1.25 bits per heavy atom. The van der Waals surface area contributed by atoms with Crippen LogP contribution in [0.1, 0.15) is 12.8 Å². The molecule has 3 rings (SSSR count). The molecule has 1 aromatic carbocycles. The van der Waals surface area contributed by atoms with Gasteiger partial charge in [0.2, 0.25) is 5.56 Å². The third-order valence-corrected chi connectivity index (χ3v) is 2.88. The van der Waals surface area contributed by atoms with Crippen molar-refractivity contribution in [1.29, 1.82) is 0 Å². The molecule has 1 fully saturated rings. The summed E-state index contributed by atoms with van der Waals surface area (Å²) in [7, 11) is 0. The standard InChI is InChI=1S/C13H13NO2/c15-13-6-4-10-3-5-11(7-12(10)14-13)16-8-9-1-2-9/h3-7,9H,1-2,8H2,(H,14,15). The van der Waals surface area contributed by atoms with E-state index in [9.17, 15) is 4.79 Å². The molecule has 82 valence electrons. The van der Waals surface area contributed by atoms with Gasteiger partial charge in [-0.2, -0.15) is 0 Å². The van der Waals surface area contributed by atoms with Crippen LogP contribution in [0.3, 0.4) is 0 Å². The van der Waals surface area contributed by atoms with Crippen molar-refractivity contribution in [3.05, 3.63) is 40.7 Å². The van der Waals surface area contributed by atoms with E-state index in [2.05, 4.69) is 4.98 Å². The molecule has 3 nitrogen and oxygen atoms in total. The van der Waals surface area contributed by atoms with Crippen LogP contribution in [0.5, 0.6) is 5.75 Å². The van der Waals surface area contributed by atoms with E-state index in [1.165, 1.54) is 18.9 Å². The van der Waals surface area contributed by atoms with Gasteiger partial charge in [-0.05, 0) is 42.3 Å². The van der Waals surface area contributed by atoms with Crippen LogP contribution in [0.15, 0.2) is 35.1 Å². The molecular weight excluding hydrogens is 202 g/mol. The van der Waals surface area contributed by atoms with Gasteiger partial charge in [0.1, 0.15) is 5.75 Å². The Morgan fingerprint density at radius 3 is 2.88 bits per heavy atom. The first-order valence-electron chi connectivity index (χ1n) is 5.57. The highest BCUT2D eigenvalue weighted by Crippen LogP contribution is 2.29. The van der Waals surface area contributed by atoms with Gasteiger partial charge in [0.25, 0.3) is 0 Å². The maximum Gasteiger partial charge on any atom is 0.248 e. The largest absolute Gasteiger partial charge is 0.493 e. The molecule has 1 aromatic heterocycles. The van der Waals surface area contributed by atoms with E-state index in [1.807, 2.05) is 24.3 Å². The zero-order chi connectivity index (χ0) is 11.0. The van der Waals surface area contributed by atoms with Gasteiger partial charge in [0, 0.05) is 12.1 Å². The second-order valence-corrected chi connectivity index (χ2v) is 4.33. The molecule has 0 unspecified atom stereocenters. The summed E-state index contributed by atoms with van der Waals surface area (Å²) >= 11 is 0. The van der Waals surface area contributed by atoms with Crippen LogP contribution in [0.2, 0.25) is 0 Å². The number of rotatable bonds is 3. The summed E-state index contributed by atoms with van der Waals surface area (Å²) in [5, 5.41) is 1.03. The van der Waals surface area contributed by atoms with E-state index >= 15 is 0 Å². The minimum Gasteiger partial charge on any atom is -0.493 e. The number of aromatic amines is 1. The summed E-state index contributed by atoms with van der Waals surface area (Å²) < 4.78 is 5.66. The smallest absolute Gasteiger partial charge is 0.248 e. The fourth-order valence-electron chi connectivity index (χ4n) is 1.72. The lowest BCUT2D eigenvalue weighted by Gasteiger charge is -2.05. The second-order valence-electron chi connectivity index (χ2n) is 4.33. The van der Waals surface area contributed by atoms with Crippen molar-refractivity contribution in [1.82, 2.24) is 4.98 Å². The van der Waals surface area contributed by atoms with E-state index in [-0.39, 0.29) is 5.56 Å². The lowest BCUT2D eigenvalue weighted by atomic mass is 10.2. The summed E-state index contributed by atoms with van der Waals surface area (Å²) in [6.07, 6.45) is 2.56. The van der Waals surface area contributed by atoms with Crippen LogP contribution in [0.25, 0.3) is 10.9 Å². The first kappa shape index (κ1) is 9.46. The molecule has 1 N–H and O–H groups in total. The number of benzene rings is 1. The number of H-pyrrole nitrogens is 1. The van der Waals surface area contributed by atoms with Crippen molar-refractivity contribution in [2.24, 2.45) is 5.92 Å². The third-order valence-electron chi connectivity index (χ3n) is 2.88. The quantitative estimate of drug-likeness (QED) is 0.853. The summed E-state index contributed by atoms with van der Waals surface area (Å²) in [5.74, 6) is 1.58. The molecule has 2 aromatic rings. The monoisotopic (exact) mass is 215 g/mol. The van der Waals surface area contributed by atoms with Crippen LogP contribution in [-0.2, 0) is 0 Å². The predicted octanol–water partition coefficient (Wildman–Crippen LogP) is 2.32. The lowest BCUT2D eigenvalue weighted by Crippen LogP contribution is -2.03. The molecule has 16 heavy (non-hydrogen) atoms.